The zero-order valence-electron chi connectivity index (χ0n) is 18.5. The van der Waals surface area contributed by atoms with Crippen molar-refractivity contribution >= 4 is 17.7 Å². The highest BCUT2D eigenvalue weighted by molar-refractivity contribution is 6.35. The number of benzene rings is 1. The molecule has 1 aromatic carbocycles. The lowest BCUT2D eigenvalue weighted by Gasteiger charge is -2.35. The topological polar surface area (TPSA) is 78.8 Å². The largest absolute Gasteiger partial charge is 0.335 e. The van der Waals surface area contributed by atoms with E-state index in [0.29, 0.717) is 50.5 Å². The van der Waals surface area contributed by atoms with Gasteiger partial charge in [-0.2, -0.15) is 5.10 Å². The van der Waals surface area contributed by atoms with Crippen molar-refractivity contribution < 1.29 is 18.8 Å². The number of rotatable bonds is 3. The van der Waals surface area contributed by atoms with Crippen LogP contribution < -0.4 is 0 Å². The molecular formula is C23H28FN5O3. The maximum atomic E-state index is 13.3. The van der Waals surface area contributed by atoms with E-state index in [0.717, 1.165) is 18.5 Å². The van der Waals surface area contributed by atoms with Gasteiger partial charge in [0.05, 0.1) is 23.1 Å². The fourth-order valence-corrected chi connectivity index (χ4v) is 4.34. The molecule has 8 nitrogen and oxygen atoms in total. The normalized spacial score (nSPS) is 16.7. The van der Waals surface area contributed by atoms with Gasteiger partial charge in [0, 0.05) is 39.3 Å². The van der Waals surface area contributed by atoms with Crippen LogP contribution in [0.2, 0.25) is 0 Å². The second-order valence-corrected chi connectivity index (χ2v) is 8.57. The van der Waals surface area contributed by atoms with E-state index >= 15 is 0 Å². The summed E-state index contributed by atoms with van der Waals surface area (Å²) >= 11 is 0. The van der Waals surface area contributed by atoms with Crippen LogP contribution >= 0.6 is 0 Å². The second kappa shape index (κ2) is 9.10. The summed E-state index contributed by atoms with van der Waals surface area (Å²) in [5, 5.41) is 4.40. The quantitative estimate of drug-likeness (QED) is 0.683. The Balaban J connectivity index is 1.46. The number of carbonyl (C=O) groups excluding carboxylic acids is 3. The van der Waals surface area contributed by atoms with Crippen LogP contribution in [-0.4, -0.2) is 81.5 Å². The molecule has 2 fully saturated rings. The third kappa shape index (κ3) is 4.24. The molecule has 0 atom stereocenters. The second-order valence-electron chi connectivity index (χ2n) is 8.57. The van der Waals surface area contributed by atoms with Gasteiger partial charge in [-0.05, 0) is 43.0 Å². The summed E-state index contributed by atoms with van der Waals surface area (Å²) in [6, 6.07) is 5.99. The van der Waals surface area contributed by atoms with Crippen LogP contribution in [0.25, 0.3) is 5.69 Å². The van der Waals surface area contributed by atoms with E-state index < -0.39 is 11.8 Å². The highest BCUT2D eigenvalue weighted by Crippen LogP contribution is 2.25. The predicted molar refractivity (Wildman–Crippen MR) is 116 cm³/mol. The Morgan fingerprint density at radius 3 is 1.94 bits per heavy atom. The van der Waals surface area contributed by atoms with Gasteiger partial charge >= 0.3 is 11.8 Å². The molecule has 0 bridgehead atoms. The average molecular weight is 442 g/mol. The lowest BCUT2D eigenvalue weighted by atomic mass is 10.0. The zero-order chi connectivity index (χ0) is 22.8. The van der Waals surface area contributed by atoms with Gasteiger partial charge in [0.15, 0.2) is 0 Å². The first-order chi connectivity index (χ1) is 15.4. The van der Waals surface area contributed by atoms with Crippen LogP contribution in [0.5, 0.6) is 0 Å². The van der Waals surface area contributed by atoms with Crippen molar-refractivity contribution in [1.29, 1.82) is 0 Å². The Bertz CT molecular complexity index is 1000. The Morgan fingerprint density at radius 2 is 1.38 bits per heavy atom. The number of nitrogens with zero attached hydrogens (tertiary/aromatic N) is 5. The molecule has 0 N–H and O–H groups in total. The molecule has 9 heteroatoms. The van der Waals surface area contributed by atoms with Gasteiger partial charge in [0.1, 0.15) is 5.82 Å². The number of hydrogen-bond acceptors (Lipinski definition) is 4. The van der Waals surface area contributed by atoms with Crippen molar-refractivity contribution in [1.82, 2.24) is 24.5 Å². The zero-order valence-corrected chi connectivity index (χ0v) is 18.5. The highest BCUT2D eigenvalue weighted by Gasteiger charge is 2.33. The monoisotopic (exact) mass is 441 g/mol. The molecular weight excluding hydrogens is 413 g/mol. The summed E-state index contributed by atoms with van der Waals surface area (Å²) in [7, 11) is 0. The lowest BCUT2D eigenvalue weighted by molar-refractivity contribution is -0.152. The van der Waals surface area contributed by atoms with E-state index in [1.54, 1.807) is 32.8 Å². The van der Waals surface area contributed by atoms with E-state index in [2.05, 4.69) is 5.10 Å². The van der Waals surface area contributed by atoms with Crippen LogP contribution in [0.1, 0.15) is 48.7 Å². The maximum Gasteiger partial charge on any atom is 0.312 e. The number of halogens is 1. The van der Waals surface area contributed by atoms with Crippen LogP contribution in [0, 0.1) is 5.82 Å². The Morgan fingerprint density at radius 1 is 0.844 bits per heavy atom. The van der Waals surface area contributed by atoms with Crippen molar-refractivity contribution in [2.75, 3.05) is 39.3 Å². The fourth-order valence-electron chi connectivity index (χ4n) is 4.34. The molecule has 0 aliphatic carbocycles. The van der Waals surface area contributed by atoms with E-state index in [1.165, 1.54) is 17.0 Å². The number of carbonyl (C=O) groups is 3. The van der Waals surface area contributed by atoms with Crippen molar-refractivity contribution in [2.45, 2.75) is 32.6 Å². The van der Waals surface area contributed by atoms with Crippen LogP contribution in [0.3, 0.4) is 0 Å². The number of piperazine rings is 1. The highest BCUT2D eigenvalue weighted by atomic mass is 19.1. The SMILES string of the molecule is CC(C)c1c(C(=O)N2CCN(C(=O)C(=O)N3CCCC3)CC2)cnn1-c1ccc(F)cc1. The first-order valence-corrected chi connectivity index (χ1v) is 11.1. The third-order valence-corrected chi connectivity index (χ3v) is 6.09. The molecule has 4 rings (SSSR count). The number of likely N-dealkylation sites (tertiary alicyclic amines) is 1. The van der Waals surface area contributed by atoms with E-state index in [-0.39, 0.29) is 17.6 Å². The van der Waals surface area contributed by atoms with Crippen LogP contribution in [0.4, 0.5) is 4.39 Å². The molecule has 170 valence electrons. The molecule has 0 saturated carbocycles. The van der Waals surface area contributed by atoms with Gasteiger partial charge in [-0.25, -0.2) is 9.07 Å². The fraction of sp³-hybridized carbons (Fsp3) is 0.478. The third-order valence-electron chi connectivity index (χ3n) is 6.09. The van der Waals surface area contributed by atoms with Crippen LogP contribution in [-0.2, 0) is 9.59 Å². The van der Waals surface area contributed by atoms with Crippen molar-refractivity contribution in [3.63, 3.8) is 0 Å². The maximum absolute atomic E-state index is 13.3. The van der Waals surface area contributed by atoms with Crippen molar-refractivity contribution in [3.8, 4) is 5.69 Å². The Kier molecular flexibility index (Phi) is 6.25. The number of hydrogen-bond donors (Lipinski definition) is 0. The predicted octanol–water partition coefficient (Wildman–Crippen LogP) is 2.04. The lowest BCUT2D eigenvalue weighted by Crippen LogP contribution is -2.54. The molecule has 0 radical (unpaired) electrons. The molecule has 0 unspecified atom stereocenters. The molecule has 2 aliphatic rings. The Labute approximate surface area is 186 Å². The minimum Gasteiger partial charge on any atom is -0.335 e. The van der Waals surface area contributed by atoms with Gasteiger partial charge in [-0.15, -0.1) is 0 Å². The van der Waals surface area contributed by atoms with Gasteiger partial charge in [-0.1, -0.05) is 13.8 Å². The van der Waals surface area contributed by atoms with Crippen molar-refractivity contribution in [2.24, 2.45) is 0 Å². The molecule has 3 amide bonds. The summed E-state index contributed by atoms with van der Waals surface area (Å²) in [6.07, 6.45) is 3.42. The smallest absolute Gasteiger partial charge is 0.312 e. The molecule has 2 aliphatic heterocycles. The van der Waals surface area contributed by atoms with E-state index in [9.17, 15) is 18.8 Å². The first-order valence-electron chi connectivity index (χ1n) is 11.1. The number of aromatic nitrogens is 2. The van der Waals surface area contributed by atoms with Crippen molar-refractivity contribution in [3.05, 3.63) is 47.5 Å². The van der Waals surface area contributed by atoms with Gasteiger partial charge in [0.2, 0.25) is 0 Å². The van der Waals surface area contributed by atoms with E-state index in [1.807, 2.05) is 13.8 Å². The standard InChI is InChI=1S/C23H28FN5O3/c1-16(2)20-19(15-25-29(20)18-7-5-17(24)6-8-18)21(30)27-11-13-28(14-12-27)23(32)22(31)26-9-3-4-10-26/h5-8,15-16H,3-4,9-14H2,1-2H3. The molecule has 0 spiro atoms. The number of amides is 3. The van der Waals surface area contributed by atoms with Gasteiger partial charge in [-0.3, -0.25) is 14.4 Å². The average Bonchev–Trinajstić information content (AvgIpc) is 3.49. The van der Waals surface area contributed by atoms with Gasteiger partial charge in [0.25, 0.3) is 5.91 Å². The summed E-state index contributed by atoms with van der Waals surface area (Å²) in [6.45, 7) is 6.61. The van der Waals surface area contributed by atoms with Crippen LogP contribution in [0.15, 0.2) is 30.5 Å². The summed E-state index contributed by atoms with van der Waals surface area (Å²) in [5.74, 6) is -1.39. The first kappa shape index (κ1) is 22.0. The van der Waals surface area contributed by atoms with Gasteiger partial charge < -0.3 is 14.7 Å². The molecule has 3 heterocycles. The summed E-state index contributed by atoms with van der Waals surface area (Å²) < 4.78 is 15.0. The minimum atomic E-state index is -0.481. The molecule has 2 saturated heterocycles. The molecule has 1 aromatic heterocycles. The summed E-state index contributed by atoms with van der Waals surface area (Å²) in [5.41, 5.74) is 1.94. The Hall–Kier alpha value is -3.23. The van der Waals surface area contributed by atoms with E-state index in [4.69, 9.17) is 0 Å². The summed E-state index contributed by atoms with van der Waals surface area (Å²) in [4.78, 5) is 43.1. The minimum absolute atomic E-state index is 0.0162. The molecule has 2 aromatic rings. The molecule has 32 heavy (non-hydrogen) atoms.